The zero-order valence-electron chi connectivity index (χ0n) is 10.3. The van der Waals surface area contributed by atoms with Gasteiger partial charge in [0.15, 0.2) is 0 Å². The Balaban J connectivity index is 1.47. The highest BCUT2D eigenvalue weighted by Crippen LogP contribution is 2.51. The van der Waals surface area contributed by atoms with Gasteiger partial charge >= 0.3 is 0 Å². The smallest absolute Gasteiger partial charge is 0.0507 e. The summed E-state index contributed by atoms with van der Waals surface area (Å²) in [5.74, 6) is 0.793. The van der Waals surface area contributed by atoms with Crippen LogP contribution < -0.4 is 5.32 Å². The molecule has 0 aromatic heterocycles. The normalized spacial score (nSPS) is 37.5. The van der Waals surface area contributed by atoms with Crippen molar-refractivity contribution in [2.45, 2.75) is 57.4 Å². The standard InChI is InChI=1S/C14H25NO/c1-2-6-14(7-3-1)8-4-13(14)15-10-12-5-9-16-11-12/h12-13,15H,1-11H2. The maximum Gasteiger partial charge on any atom is 0.0507 e. The highest BCUT2D eigenvalue weighted by Gasteiger charge is 2.46. The highest BCUT2D eigenvalue weighted by atomic mass is 16.5. The molecule has 2 saturated carbocycles. The molecular weight excluding hydrogens is 198 g/mol. The molecule has 16 heavy (non-hydrogen) atoms. The van der Waals surface area contributed by atoms with E-state index in [2.05, 4.69) is 5.32 Å². The van der Waals surface area contributed by atoms with Crippen molar-refractivity contribution >= 4 is 0 Å². The van der Waals surface area contributed by atoms with Crippen LogP contribution in [0, 0.1) is 11.3 Å². The molecule has 3 rings (SSSR count). The maximum atomic E-state index is 5.44. The summed E-state index contributed by atoms with van der Waals surface area (Å²) in [6.45, 7) is 3.18. The Morgan fingerprint density at radius 2 is 1.94 bits per heavy atom. The third-order valence-corrected chi connectivity index (χ3v) is 5.20. The Morgan fingerprint density at radius 1 is 1.06 bits per heavy atom. The van der Waals surface area contributed by atoms with E-state index in [9.17, 15) is 0 Å². The van der Waals surface area contributed by atoms with Crippen LogP contribution in [0.2, 0.25) is 0 Å². The lowest BCUT2D eigenvalue weighted by atomic mass is 9.57. The van der Waals surface area contributed by atoms with Gasteiger partial charge in [-0.3, -0.25) is 0 Å². The van der Waals surface area contributed by atoms with E-state index in [0.717, 1.165) is 30.6 Å². The maximum absolute atomic E-state index is 5.44. The quantitative estimate of drug-likeness (QED) is 0.794. The molecule has 3 fully saturated rings. The minimum absolute atomic E-state index is 0.720. The van der Waals surface area contributed by atoms with E-state index in [4.69, 9.17) is 4.74 Å². The molecule has 1 aliphatic heterocycles. The second-order valence-corrected chi connectivity index (χ2v) is 6.15. The van der Waals surface area contributed by atoms with Gasteiger partial charge in [-0.15, -0.1) is 0 Å². The Kier molecular flexibility index (Phi) is 3.21. The molecule has 3 aliphatic rings. The number of nitrogens with one attached hydrogen (secondary N) is 1. The largest absolute Gasteiger partial charge is 0.381 e. The predicted molar refractivity (Wildman–Crippen MR) is 65.5 cm³/mol. The van der Waals surface area contributed by atoms with Crippen LogP contribution >= 0.6 is 0 Å². The van der Waals surface area contributed by atoms with Gasteiger partial charge < -0.3 is 10.1 Å². The van der Waals surface area contributed by atoms with Crippen LogP contribution in [0.1, 0.15) is 51.4 Å². The first-order valence-electron chi connectivity index (χ1n) is 7.20. The molecule has 92 valence electrons. The number of hydrogen-bond donors (Lipinski definition) is 1. The monoisotopic (exact) mass is 223 g/mol. The Labute approximate surface area is 99.1 Å². The lowest BCUT2D eigenvalue weighted by Crippen LogP contribution is -2.55. The number of rotatable bonds is 3. The van der Waals surface area contributed by atoms with Crippen molar-refractivity contribution in [3.8, 4) is 0 Å². The van der Waals surface area contributed by atoms with Gasteiger partial charge in [-0.1, -0.05) is 19.3 Å². The Bertz CT molecular complexity index is 229. The van der Waals surface area contributed by atoms with E-state index in [1.54, 1.807) is 0 Å². The minimum Gasteiger partial charge on any atom is -0.381 e. The van der Waals surface area contributed by atoms with Crippen LogP contribution in [0.3, 0.4) is 0 Å². The van der Waals surface area contributed by atoms with Gasteiger partial charge in [0.25, 0.3) is 0 Å². The van der Waals surface area contributed by atoms with Gasteiger partial charge in [-0.25, -0.2) is 0 Å². The summed E-state index contributed by atoms with van der Waals surface area (Å²) in [6.07, 6.45) is 11.6. The van der Waals surface area contributed by atoms with Gasteiger partial charge in [-0.2, -0.15) is 0 Å². The molecule has 2 heteroatoms. The first-order valence-corrected chi connectivity index (χ1v) is 7.20. The van der Waals surface area contributed by atoms with Crippen LogP contribution in [0.5, 0.6) is 0 Å². The van der Waals surface area contributed by atoms with Crippen LogP contribution in [0.4, 0.5) is 0 Å². The van der Waals surface area contributed by atoms with Gasteiger partial charge in [0.2, 0.25) is 0 Å². The molecule has 1 saturated heterocycles. The zero-order chi connectivity index (χ0) is 10.8. The second-order valence-electron chi connectivity index (χ2n) is 6.15. The molecule has 2 nitrogen and oxygen atoms in total. The Hall–Kier alpha value is -0.0800. The van der Waals surface area contributed by atoms with E-state index in [1.807, 2.05) is 0 Å². The first kappa shape index (κ1) is 11.0. The molecule has 0 aromatic rings. The summed E-state index contributed by atoms with van der Waals surface area (Å²) in [5.41, 5.74) is 0.720. The third kappa shape index (κ3) is 2.02. The molecule has 2 atom stereocenters. The fourth-order valence-corrected chi connectivity index (χ4v) is 3.92. The van der Waals surface area contributed by atoms with E-state index >= 15 is 0 Å². The van der Waals surface area contributed by atoms with Crippen LogP contribution in [0.15, 0.2) is 0 Å². The average molecular weight is 223 g/mol. The molecule has 2 unspecified atom stereocenters. The average Bonchev–Trinajstić information content (AvgIpc) is 2.82. The molecule has 2 aliphatic carbocycles. The highest BCUT2D eigenvalue weighted by molar-refractivity contribution is 5.01. The molecule has 0 radical (unpaired) electrons. The number of hydrogen-bond acceptors (Lipinski definition) is 2. The summed E-state index contributed by atoms with van der Waals surface area (Å²) >= 11 is 0. The molecule has 1 heterocycles. The van der Waals surface area contributed by atoms with Crippen LogP contribution in [0.25, 0.3) is 0 Å². The zero-order valence-corrected chi connectivity index (χ0v) is 10.3. The SMILES string of the molecule is C1CCC2(CC1)CCC2NCC1CCOC1. The summed E-state index contributed by atoms with van der Waals surface area (Å²) in [4.78, 5) is 0. The van der Waals surface area contributed by atoms with Crippen LogP contribution in [-0.2, 0) is 4.74 Å². The fraction of sp³-hybridized carbons (Fsp3) is 1.00. The number of ether oxygens (including phenoxy) is 1. The lowest BCUT2D eigenvalue weighted by molar-refractivity contribution is 0.0208. The second kappa shape index (κ2) is 4.66. The predicted octanol–water partition coefficient (Wildman–Crippen LogP) is 2.73. The van der Waals surface area contributed by atoms with Gasteiger partial charge in [-0.05, 0) is 43.4 Å². The molecule has 0 amide bonds. The van der Waals surface area contributed by atoms with Crippen molar-refractivity contribution in [1.82, 2.24) is 5.32 Å². The van der Waals surface area contributed by atoms with Crippen molar-refractivity contribution in [1.29, 1.82) is 0 Å². The minimum atomic E-state index is 0.720. The molecule has 1 N–H and O–H groups in total. The van der Waals surface area contributed by atoms with Crippen molar-refractivity contribution < 1.29 is 4.74 Å². The first-order chi connectivity index (χ1) is 7.89. The summed E-state index contributed by atoms with van der Waals surface area (Å²) in [7, 11) is 0. The van der Waals surface area contributed by atoms with Crippen molar-refractivity contribution in [3.63, 3.8) is 0 Å². The molecule has 0 bridgehead atoms. The van der Waals surface area contributed by atoms with Crippen molar-refractivity contribution in [3.05, 3.63) is 0 Å². The molecular formula is C14H25NO. The van der Waals surface area contributed by atoms with Gasteiger partial charge in [0.05, 0.1) is 6.61 Å². The van der Waals surface area contributed by atoms with Gasteiger partial charge in [0.1, 0.15) is 0 Å². The van der Waals surface area contributed by atoms with Gasteiger partial charge in [0, 0.05) is 19.2 Å². The van der Waals surface area contributed by atoms with Crippen molar-refractivity contribution in [2.75, 3.05) is 19.8 Å². The Morgan fingerprint density at radius 3 is 2.56 bits per heavy atom. The van der Waals surface area contributed by atoms with Crippen LogP contribution in [-0.4, -0.2) is 25.8 Å². The summed E-state index contributed by atoms with van der Waals surface area (Å²) in [5, 5.41) is 3.84. The third-order valence-electron chi connectivity index (χ3n) is 5.20. The lowest BCUT2D eigenvalue weighted by Gasteiger charge is -2.53. The van der Waals surface area contributed by atoms with E-state index in [-0.39, 0.29) is 0 Å². The van der Waals surface area contributed by atoms with E-state index in [0.29, 0.717) is 0 Å². The molecule has 1 spiro atoms. The van der Waals surface area contributed by atoms with E-state index in [1.165, 1.54) is 57.9 Å². The molecule has 0 aromatic carbocycles. The topological polar surface area (TPSA) is 21.3 Å². The fourth-order valence-electron chi connectivity index (χ4n) is 3.92. The summed E-state index contributed by atoms with van der Waals surface area (Å²) < 4.78 is 5.44. The summed E-state index contributed by atoms with van der Waals surface area (Å²) in [6, 6.07) is 0.841. The van der Waals surface area contributed by atoms with E-state index < -0.39 is 0 Å². The van der Waals surface area contributed by atoms with Crippen molar-refractivity contribution in [2.24, 2.45) is 11.3 Å².